The zero-order valence-corrected chi connectivity index (χ0v) is 8.64. The van der Waals surface area contributed by atoms with Crippen molar-refractivity contribution in [2.24, 2.45) is 0 Å². The molecule has 14 heavy (non-hydrogen) atoms. The van der Waals surface area contributed by atoms with Gasteiger partial charge < -0.3 is 10.1 Å². The SMILES string of the molecule is COc1ccc(NCCCF)c(C)c1. The van der Waals surface area contributed by atoms with Gasteiger partial charge in [0.2, 0.25) is 0 Å². The molecule has 0 spiro atoms. The minimum absolute atomic E-state index is 0.276. The quantitative estimate of drug-likeness (QED) is 0.733. The van der Waals surface area contributed by atoms with E-state index in [4.69, 9.17) is 4.74 Å². The summed E-state index contributed by atoms with van der Waals surface area (Å²) in [7, 11) is 1.64. The first-order valence-electron chi connectivity index (χ1n) is 4.72. The van der Waals surface area contributed by atoms with E-state index in [2.05, 4.69) is 5.32 Å². The minimum atomic E-state index is -0.276. The lowest BCUT2D eigenvalue weighted by molar-refractivity contribution is 0.414. The third-order valence-corrected chi connectivity index (χ3v) is 2.06. The van der Waals surface area contributed by atoms with Gasteiger partial charge >= 0.3 is 0 Å². The Labute approximate surface area is 84.1 Å². The smallest absolute Gasteiger partial charge is 0.119 e. The van der Waals surface area contributed by atoms with Crippen LogP contribution in [0.4, 0.5) is 10.1 Å². The molecule has 1 rings (SSSR count). The number of anilines is 1. The number of rotatable bonds is 5. The molecule has 0 radical (unpaired) electrons. The highest BCUT2D eigenvalue weighted by Gasteiger charge is 1.98. The summed E-state index contributed by atoms with van der Waals surface area (Å²) in [5.74, 6) is 0.846. The maximum atomic E-state index is 11.9. The van der Waals surface area contributed by atoms with Gasteiger partial charge in [-0.2, -0.15) is 0 Å². The van der Waals surface area contributed by atoms with Gasteiger partial charge in [-0.05, 0) is 37.1 Å². The molecule has 1 N–H and O–H groups in total. The first-order chi connectivity index (χ1) is 6.77. The van der Waals surface area contributed by atoms with Crippen molar-refractivity contribution in [2.75, 3.05) is 25.6 Å². The van der Waals surface area contributed by atoms with Crippen molar-refractivity contribution in [3.63, 3.8) is 0 Å². The molecule has 0 amide bonds. The van der Waals surface area contributed by atoms with Crippen molar-refractivity contribution in [3.05, 3.63) is 23.8 Å². The zero-order chi connectivity index (χ0) is 10.4. The van der Waals surface area contributed by atoms with Crippen molar-refractivity contribution in [1.82, 2.24) is 0 Å². The number of hydrogen-bond donors (Lipinski definition) is 1. The number of ether oxygens (including phenoxy) is 1. The number of alkyl halides is 1. The third kappa shape index (κ3) is 2.91. The van der Waals surface area contributed by atoms with Crippen molar-refractivity contribution < 1.29 is 9.13 Å². The summed E-state index contributed by atoms with van der Waals surface area (Å²) in [6, 6.07) is 5.80. The second-order valence-electron chi connectivity index (χ2n) is 3.15. The van der Waals surface area contributed by atoms with Crippen molar-refractivity contribution in [2.45, 2.75) is 13.3 Å². The lowest BCUT2D eigenvalue weighted by atomic mass is 10.2. The van der Waals surface area contributed by atoms with Crippen LogP contribution in [-0.2, 0) is 0 Å². The molecule has 2 nitrogen and oxygen atoms in total. The van der Waals surface area contributed by atoms with E-state index < -0.39 is 0 Å². The Morgan fingerprint density at radius 1 is 1.43 bits per heavy atom. The topological polar surface area (TPSA) is 21.3 Å². The van der Waals surface area contributed by atoms with Crippen LogP contribution < -0.4 is 10.1 Å². The van der Waals surface area contributed by atoms with Gasteiger partial charge in [-0.15, -0.1) is 0 Å². The Kier molecular flexibility index (Phi) is 4.23. The summed E-state index contributed by atoms with van der Waals surface area (Å²) in [5.41, 5.74) is 2.16. The largest absolute Gasteiger partial charge is 0.497 e. The van der Waals surface area contributed by atoms with E-state index in [9.17, 15) is 4.39 Å². The number of hydrogen-bond acceptors (Lipinski definition) is 2. The van der Waals surface area contributed by atoms with Crippen molar-refractivity contribution in [1.29, 1.82) is 0 Å². The molecule has 0 heterocycles. The molecule has 0 aliphatic carbocycles. The van der Waals surface area contributed by atoms with Gasteiger partial charge in [0.15, 0.2) is 0 Å². The van der Waals surface area contributed by atoms with Crippen LogP contribution in [0, 0.1) is 6.92 Å². The van der Waals surface area contributed by atoms with Crippen LogP contribution in [0.2, 0.25) is 0 Å². The highest BCUT2D eigenvalue weighted by Crippen LogP contribution is 2.20. The monoisotopic (exact) mass is 197 g/mol. The predicted molar refractivity (Wildman–Crippen MR) is 56.8 cm³/mol. The second kappa shape index (κ2) is 5.47. The highest BCUT2D eigenvalue weighted by molar-refractivity contribution is 5.53. The van der Waals surface area contributed by atoms with Gasteiger partial charge in [-0.3, -0.25) is 4.39 Å². The molecular formula is C11H16FNO. The summed E-state index contributed by atoms with van der Waals surface area (Å²) in [6.45, 7) is 2.40. The van der Waals surface area contributed by atoms with Crippen LogP contribution in [0.5, 0.6) is 5.75 Å². The van der Waals surface area contributed by atoms with Crippen molar-refractivity contribution in [3.8, 4) is 5.75 Å². The lowest BCUT2D eigenvalue weighted by Gasteiger charge is -2.09. The summed E-state index contributed by atoms with van der Waals surface area (Å²) < 4.78 is 16.9. The molecule has 0 fully saturated rings. The van der Waals surface area contributed by atoms with E-state index in [0.29, 0.717) is 13.0 Å². The van der Waals surface area contributed by atoms with Crippen LogP contribution in [0.3, 0.4) is 0 Å². The first kappa shape index (κ1) is 10.8. The molecule has 0 aromatic heterocycles. The second-order valence-corrected chi connectivity index (χ2v) is 3.15. The molecule has 0 aliphatic heterocycles. The Morgan fingerprint density at radius 3 is 2.79 bits per heavy atom. The molecule has 1 aromatic carbocycles. The summed E-state index contributed by atoms with van der Waals surface area (Å²) >= 11 is 0. The fourth-order valence-corrected chi connectivity index (χ4v) is 1.25. The number of halogens is 1. The van der Waals surface area contributed by atoms with E-state index in [-0.39, 0.29) is 6.67 Å². The third-order valence-electron chi connectivity index (χ3n) is 2.06. The van der Waals surface area contributed by atoms with E-state index in [1.807, 2.05) is 25.1 Å². The van der Waals surface area contributed by atoms with Crippen LogP contribution in [-0.4, -0.2) is 20.3 Å². The standard InChI is InChI=1S/C11H16FNO/c1-9-8-10(14-2)4-5-11(9)13-7-3-6-12/h4-5,8,13H,3,6-7H2,1-2H3. The van der Waals surface area contributed by atoms with E-state index in [0.717, 1.165) is 17.0 Å². The fourth-order valence-electron chi connectivity index (χ4n) is 1.25. The van der Waals surface area contributed by atoms with E-state index >= 15 is 0 Å². The molecule has 0 aliphatic rings. The summed E-state index contributed by atoms with van der Waals surface area (Å²) in [5, 5.41) is 3.17. The molecule has 0 unspecified atom stereocenters. The van der Waals surface area contributed by atoms with Gasteiger partial charge in [-0.1, -0.05) is 0 Å². The van der Waals surface area contributed by atoms with Crippen LogP contribution in [0.1, 0.15) is 12.0 Å². The molecule has 0 saturated carbocycles. The van der Waals surface area contributed by atoms with Gasteiger partial charge in [0, 0.05) is 12.2 Å². The highest BCUT2D eigenvalue weighted by atomic mass is 19.1. The molecule has 0 saturated heterocycles. The maximum absolute atomic E-state index is 11.9. The van der Waals surface area contributed by atoms with Crippen LogP contribution in [0.15, 0.2) is 18.2 Å². The van der Waals surface area contributed by atoms with E-state index in [1.54, 1.807) is 7.11 Å². The number of methoxy groups -OCH3 is 1. The first-order valence-corrected chi connectivity index (χ1v) is 4.72. The molecule has 1 aromatic rings. The normalized spacial score (nSPS) is 9.93. The van der Waals surface area contributed by atoms with Crippen LogP contribution in [0.25, 0.3) is 0 Å². The Bertz CT molecular complexity index is 289. The fraction of sp³-hybridized carbons (Fsp3) is 0.455. The van der Waals surface area contributed by atoms with Gasteiger partial charge in [-0.25, -0.2) is 0 Å². The molecular weight excluding hydrogens is 181 g/mol. The Hall–Kier alpha value is -1.25. The number of nitrogens with one attached hydrogen (secondary N) is 1. The lowest BCUT2D eigenvalue weighted by Crippen LogP contribution is -2.03. The minimum Gasteiger partial charge on any atom is -0.497 e. The molecule has 78 valence electrons. The number of benzene rings is 1. The van der Waals surface area contributed by atoms with E-state index in [1.165, 1.54) is 0 Å². The van der Waals surface area contributed by atoms with Gasteiger partial charge in [0.05, 0.1) is 13.8 Å². The average molecular weight is 197 g/mol. The Balaban J connectivity index is 2.59. The van der Waals surface area contributed by atoms with Gasteiger partial charge in [0.25, 0.3) is 0 Å². The predicted octanol–water partition coefficient (Wildman–Crippen LogP) is 2.78. The van der Waals surface area contributed by atoms with Crippen molar-refractivity contribution >= 4 is 5.69 Å². The molecule has 0 atom stereocenters. The van der Waals surface area contributed by atoms with Crippen LogP contribution >= 0.6 is 0 Å². The molecule has 0 bridgehead atoms. The average Bonchev–Trinajstić information content (AvgIpc) is 2.20. The summed E-state index contributed by atoms with van der Waals surface area (Å²) in [6.07, 6.45) is 0.547. The summed E-state index contributed by atoms with van der Waals surface area (Å²) in [4.78, 5) is 0. The van der Waals surface area contributed by atoms with Gasteiger partial charge in [0.1, 0.15) is 5.75 Å². The number of aryl methyl sites for hydroxylation is 1. The Morgan fingerprint density at radius 2 is 2.21 bits per heavy atom. The molecule has 3 heteroatoms. The maximum Gasteiger partial charge on any atom is 0.119 e. The zero-order valence-electron chi connectivity index (χ0n) is 8.64.